The number of esters is 1. The number of rotatable bonds is 6. The van der Waals surface area contributed by atoms with Gasteiger partial charge in [-0.3, -0.25) is 4.79 Å². The van der Waals surface area contributed by atoms with E-state index in [1.54, 1.807) is 55.6 Å². The highest BCUT2D eigenvalue weighted by molar-refractivity contribution is 5.76. The second-order valence-corrected chi connectivity index (χ2v) is 4.13. The van der Waals surface area contributed by atoms with Crippen LogP contribution in [0.5, 0.6) is 17.2 Å². The quantitative estimate of drug-likeness (QED) is 0.464. The summed E-state index contributed by atoms with van der Waals surface area (Å²) >= 11 is 0. The van der Waals surface area contributed by atoms with E-state index >= 15 is 0 Å². The van der Waals surface area contributed by atoms with Crippen molar-refractivity contribution in [2.75, 3.05) is 13.7 Å². The molecular weight excluding hydrogens is 272 g/mol. The van der Waals surface area contributed by atoms with E-state index in [1.165, 1.54) is 0 Å². The summed E-state index contributed by atoms with van der Waals surface area (Å²) in [6, 6.07) is 13.2. The standard InChI is InChI=1S/C16H14O5/c1-19-14-3-2-4-15(9-14)20-11-16(18)21-13-7-5-12(10-17)6-8-13/h2-10H,11H2,1H3. The minimum Gasteiger partial charge on any atom is -0.497 e. The molecular formula is C16H14O5. The Morgan fingerprint density at radius 1 is 1.05 bits per heavy atom. The van der Waals surface area contributed by atoms with Gasteiger partial charge in [-0.1, -0.05) is 6.07 Å². The molecule has 0 spiro atoms. The number of carbonyl (C=O) groups excluding carboxylic acids is 2. The fourth-order valence-corrected chi connectivity index (χ4v) is 1.61. The average Bonchev–Trinajstić information content (AvgIpc) is 2.54. The molecule has 0 radical (unpaired) electrons. The van der Waals surface area contributed by atoms with Crippen molar-refractivity contribution in [1.29, 1.82) is 0 Å². The van der Waals surface area contributed by atoms with E-state index in [0.717, 1.165) is 6.29 Å². The van der Waals surface area contributed by atoms with Crippen LogP contribution in [0.4, 0.5) is 0 Å². The molecule has 0 N–H and O–H groups in total. The van der Waals surface area contributed by atoms with Gasteiger partial charge in [0.15, 0.2) is 6.61 Å². The summed E-state index contributed by atoms with van der Waals surface area (Å²) in [4.78, 5) is 22.2. The molecule has 108 valence electrons. The van der Waals surface area contributed by atoms with Crippen LogP contribution >= 0.6 is 0 Å². The van der Waals surface area contributed by atoms with E-state index < -0.39 is 5.97 Å². The van der Waals surface area contributed by atoms with Crippen LogP contribution in [0.3, 0.4) is 0 Å². The third-order valence-corrected chi connectivity index (χ3v) is 2.65. The topological polar surface area (TPSA) is 61.8 Å². The van der Waals surface area contributed by atoms with Crippen LogP contribution < -0.4 is 14.2 Å². The van der Waals surface area contributed by atoms with E-state index in [0.29, 0.717) is 22.8 Å². The third kappa shape index (κ3) is 4.35. The van der Waals surface area contributed by atoms with E-state index in [2.05, 4.69) is 0 Å². The number of hydrogen-bond acceptors (Lipinski definition) is 5. The Balaban J connectivity index is 1.87. The molecule has 5 heteroatoms. The molecule has 2 aromatic carbocycles. The molecule has 0 aliphatic rings. The molecule has 21 heavy (non-hydrogen) atoms. The largest absolute Gasteiger partial charge is 0.497 e. The molecule has 0 bridgehead atoms. The predicted molar refractivity (Wildman–Crippen MR) is 76.0 cm³/mol. The molecule has 0 saturated carbocycles. The summed E-state index contributed by atoms with van der Waals surface area (Å²) in [5.41, 5.74) is 0.516. The Hall–Kier alpha value is -2.82. The Bertz CT molecular complexity index is 619. The minimum absolute atomic E-state index is 0.220. The van der Waals surface area contributed by atoms with Gasteiger partial charge >= 0.3 is 5.97 Å². The van der Waals surface area contributed by atoms with Crippen molar-refractivity contribution in [3.8, 4) is 17.2 Å². The molecule has 0 atom stereocenters. The molecule has 0 aromatic heterocycles. The van der Waals surface area contributed by atoms with Gasteiger partial charge in [-0.2, -0.15) is 0 Å². The van der Waals surface area contributed by atoms with Crippen molar-refractivity contribution in [2.45, 2.75) is 0 Å². The van der Waals surface area contributed by atoms with Crippen molar-refractivity contribution in [2.24, 2.45) is 0 Å². The van der Waals surface area contributed by atoms with Gasteiger partial charge in [-0.05, 0) is 36.4 Å². The van der Waals surface area contributed by atoms with E-state index in [9.17, 15) is 9.59 Å². The first-order valence-electron chi connectivity index (χ1n) is 6.24. The van der Waals surface area contributed by atoms with Crippen LogP contribution in [0, 0.1) is 0 Å². The molecule has 5 nitrogen and oxygen atoms in total. The van der Waals surface area contributed by atoms with Crippen molar-refractivity contribution in [3.05, 3.63) is 54.1 Å². The summed E-state index contributed by atoms with van der Waals surface area (Å²) in [6.45, 7) is -0.220. The molecule has 2 aromatic rings. The van der Waals surface area contributed by atoms with Crippen LogP contribution in [0.15, 0.2) is 48.5 Å². The Kier molecular flexibility index (Phi) is 4.93. The summed E-state index contributed by atoms with van der Waals surface area (Å²) in [5, 5.41) is 0. The maximum atomic E-state index is 11.6. The van der Waals surface area contributed by atoms with Crippen LogP contribution in [0.25, 0.3) is 0 Å². The zero-order valence-electron chi connectivity index (χ0n) is 11.4. The smallest absolute Gasteiger partial charge is 0.349 e. The van der Waals surface area contributed by atoms with E-state index in [1.807, 2.05) is 0 Å². The molecule has 0 amide bonds. The van der Waals surface area contributed by atoms with Crippen molar-refractivity contribution in [1.82, 2.24) is 0 Å². The number of aldehydes is 1. The number of hydrogen-bond donors (Lipinski definition) is 0. The highest BCUT2D eigenvalue weighted by Crippen LogP contribution is 2.19. The Morgan fingerprint density at radius 3 is 2.43 bits per heavy atom. The number of ether oxygens (including phenoxy) is 3. The first kappa shape index (κ1) is 14.6. The van der Waals surface area contributed by atoms with Crippen LogP contribution in [0.2, 0.25) is 0 Å². The molecule has 0 aliphatic carbocycles. The van der Waals surface area contributed by atoms with E-state index in [-0.39, 0.29) is 6.61 Å². The van der Waals surface area contributed by atoms with Crippen molar-refractivity contribution < 1.29 is 23.8 Å². The molecule has 0 heterocycles. The van der Waals surface area contributed by atoms with Gasteiger partial charge in [-0.15, -0.1) is 0 Å². The van der Waals surface area contributed by atoms with Gasteiger partial charge in [0.25, 0.3) is 0 Å². The monoisotopic (exact) mass is 286 g/mol. The van der Waals surface area contributed by atoms with E-state index in [4.69, 9.17) is 14.2 Å². The zero-order chi connectivity index (χ0) is 15.1. The normalized spacial score (nSPS) is 9.76. The summed E-state index contributed by atoms with van der Waals surface area (Å²) in [7, 11) is 1.55. The Labute approximate surface area is 122 Å². The SMILES string of the molecule is COc1cccc(OCC(=O)Oc2ccc(C=O)cc2)c1. The average molecular weight is 286 g/mol. The zero-order valence-corrected chi connectivity index (χ0v) is 11.4. The van der Waals surface area contributed by atoms with Crippen LogP contribution in [0.1, 0.15) is 10.4 Å². The number of methoxy groups -OCH3 is 1. The lowest BCUT2D eigenvalue weighted by Gasteiger charge is -2.08. The first-order valence-corrected chi connectivity index (χ1v) is 6.24. The van der Waals surface area contributed by atoms with Gasteiger partial charge in [0.2, 0.25) is 0 Å². The van der Waals surface area contributed by atoms with Gasteiger partial charge in [0.05, 0.1) is 7.11 Å². The molecule has 2 rings (SSSR count). The maximum Gasteiger partial charge on any atom is 0.349 e. The number of benzene rings is 2. The third-order valence-electron chi connectivity index (χ3n) is 2.65. The highest BCUT2D eigenvalue weighted by Gasteiger charge is 2.06. The number of carbonyl (C=O) groups is 2. The van der Waals surface area contributed by atoms with Gasteiger partial charge in [0, 0.05) is 11.6 Å². The fraction of sp³-hybridized carbons (Fsp3) is 0.125. The van der Waals surface area contributed by atoms with Gasteiger partial charge in [-0.25, -0.2) is 4.79 Å². The molecule has 0 aliphatic heterocycles. The molecule has 0 saturated heterocycles. The lowest BCUT2D eigenvalue weighted by atomic mass is 10.2. The van der Waals surface area contributed by atoms with Gasteiger partial charge < -0.3 is 14.2 Å². The predicted octanol–water partition coefficient (Wildman–Crippen LogP) is 2.49. The Morgan fingerprint density at radius 2 is 1.76 bits per heavy atom. The minimum atomic E-state index is -0.531. The summed E-state index contributed by atoms with van der Waals surface area (Å²) in [5.74, 6) is 0.990. The van der Waals surface area contributed by atoms with Crippen LogP contribution in [-0.2, 0) is 4.79 Å². The molecule has 0 fully saturated rings. The lowest BCUT2D eigenvalue weighted by molar-refractivity contribution is -0.136. The highest BCUT2D eigenvalue weighted by atomic mass is 16.6. The van der Waals surface area contributed by atoms with Gasteiger partial charge in [0.1, 0.15) is 23.5 Å². The fourth-order valence-electron chi connectivity index (χ4n) is 1.61. The summed E-state index contributed by atoms with van der Waals surface area (Å²) in [6.07, 6.45) is 0.720. The molecule has 0 unspecified atom stereocenters. The second-order valence-electron chi connectivity index (χ2n) is 4.13. The maximum absolute atomic E-state index is 11.6. The summed E-state index contributed by atoms with van der Waals surface area (Å²) < 4.78 is 15.5. The van der Waals surface area contributed by atoms with Crippen molar-refractivity contribution >= 4 is 12.3 Å². The first-order chi connectivity index (χ1) is 10.2. The van der Waals surface area contributed by atoms with Crippen LogP contribution in [-0.4, -0.2) is 26.0 Å². The van der Waals surface area contributed by atoms with Crippen molar-refractivity contribution in [3.63, 3.8) is 0 Å². The lowest BCUT2D eigenvalue weighted by Crippen LogP contribution is -2.17. The second kappa shape index (κ2) is 7.09.